The molecule has 0 unspecified atom stereocenters. The van der Waals surface area contributed by atoms with Crippen molar-refractivity contribution in [3.8, 4) is 0 Å². The van der Waals surface area contributed by atoms with E-state index in [9.17, 15) is 0 Å². The van der Waals surface area contributed by atoms with Crippen LogP contribution in [0.25, 0.3) is 11.0 Å². The smallest absolute Gasteiger partial charge is 0.182 e. The third kappa shape index (κ3) is 5.63. The number of fused-ring (bicyclic) bond motifs is 1. The first kappa shape index (κ1) is 24.5. The Bertz CT molecular complexity index is 1220. The zero-order valence-electron chi connectivity index (χ0n) is 21.0. The van der Waals surface area contributed by atoms with Crippen LogP contribution < -0.4 is 10.2 Å². The molecule has 0 bridgehead atoms. The highest BCUT2D eigenvalue weighted by molar-refractivity contribution is 7.80. The van der Waals surface area contributed by atoms with E-state index in [1.54, 1.807) is 0 Å². The highest BCUT2D eigenvalue weighted by Crippen LogP contribution is 2.36. The monoisotopic (exact) mass is 497 g/mol. The SMILES string of the molecule is CCCCCN1CCC(c2coc3ccc(NC(=S)N(c4ccccc4)c4ccccc4)cc23)CC1. The van der Waals surface area contributed by atoms with Crippen LogP contribution in [-0.4, -0.2) is 29.6 Å². The summed E-state index contributed by atoms with van der Waals surface area (Å²) >= 11 is 5.92. The zero-order chi connectivity index (χ0) is 24.7. The minimum absolute atomic E-state index is 0.543. The van der Waals surface area contributed by atoms with Crippen molar-refractivity contribution in [2.75, 3.05) is 29.9 Å². The molecule has 5 heteroatoms. The average Bonchev–Trinajstić information content (AvgIpc) is 3.34. The molecule has 1 fully saturated rings. The number of rotatable bonds is 8. The van der Waals surface area contributed by atoms with Gasteiger partial charge in [0.15, 0.2) is 5.11 Å². The molecule has 0 aliphatic carbocycles. The van der Waals surface area contributed by atoms with Crippen LogP contribution in [-0.2, 0) is 0 Å². The van der Waals surface area contributed by atoms with Gasteiger partial charge in [-0.1, -0.05) is 56.2 Å². The van der Waals surface area contributed by atoms with E-state index in [1.165, 1.54) is 62.7 Å². The number of benzene rings is 3. The largest absolute Gasteiger partial charge is 0.464 e. The van der Waals surface area contributed by atoms with E-state index in [2.05, 4.69) is 58.4 Å². The highest BCUT2D eigenvalue weighted by Gasteiger charge is 2.24. The number of hydrogen-bond donors (Lipinski definition) is 1. The molecule has 0 spiro atoms. The van der Waals surface area contributed by atoms with Crippen LogP contribution in [0.4, 0.5) is 17.1 Å². The summed E-state index contributed by atoms with van der Waals surface area (Å²) in [7, 11) is 0. The molecule has 3 aromatic carbocycles. The van der Waals surface area contributed by atoms with Crippen molar-refractivity contribution >= 4 is 45.4 Å². The van der Waals surface area contributed by atoms with Gasteiger partial charge in [0, 0.05) is 28.0 Å². The van der Waals surface area contributed by atoms with Gasteiger partial charge in [-0.05, 0) is 99.5 Å². The number of para-hydroxylation sites is 2. The van der Waals surface area contributed by atoms with Crippen molar-refractivity contribution in [2.45, 2.75) is 44.9 Å². The minimum Gasteiger partial charge on any atom is -0.464 e. The Morgan fingerprint density at radius 3 is 2.25 bits per heavy atom. The summed E-state index contributed by atoms with van der Waals surface area (Å²) in [6, 6.07) is 26.8. The third-order valence-corrected chi connectivity index (χ3v) is 7.48. The lowest BCUT2D eigenvalue weighted by molar-refractivity contribution is 0.208. The van der Waals surface area contributed by atoms with Crippen molar-refractivity contribution in [2.24, 2.45) is 0 Å². The van der Waals surface area contributed by atoms with Gasteiger partial charge >= 0.3 is 0 Å². The Morgan fingerprint density at radius 2 is 1.61 bits per heavy atom. The van der Waals surface area contributed by atoms with Gasteiger partial charge < -0.3 is 14.6 Å². The molecule has 1 N–H and O–H groups in total. The van der Waals surface area contributed by atoms with E-state index in [1.807, 2.05) is 48.7 Å². The molecular formula is C31H35N3OS. The fourth-order valence-corrected chi connectivity index (χ4v) is 5.54. The molecular weight excluding hydrogens is 462 g/mol. The van der Waals surface area contributed by atoms with Crippen LogP contribution >= 0.6 is 12.2 Å². The van der Waals surface area contributed by atoms with Gasteiger partial charge in [0.1, 0.15) is 5.58 Å². The lowest BCUT2D eigenvalue weighted by atomic mass is 9.89. The van der Waals surface area contributed by atoms with Gasteiger partial charge in [-0.15, -0.1) is 0 Å². The summed E-state index contributed by atoms with van der Waals surface area (Å²) in [6.07, 6.45) is 8.28. The van der Waals surface area contributed by atoms with Crippen molar-refractivity contribution in [1.29, 1.82) is 0 Å². The summed E-state index contributed by atoms with van der Waals surface area (Å²) in [4.78, 5) is 4.70. The normalized spacial score (nSPS) is 14.7. The predicted molar refractivity (Wildman–Crippen MR) is 155 cm³/mol. The summed E-state index contributed by atoms with van der Waals surface area (Å²) in [6.45, 7) is 5.85. The Balaban J connectivity index is 1.33. The maximum Gasteiger partial charge on any atom is 0.182 e. The van der Waals surface area contributed by atoms with E-state index in [4.69, 9.17) is 16.6 Å². The quantitative estimate of drug-likeness (QED) is 0.195. The minimum atomic E-state index is 0.543. The maximum absolute atomic E-state index is 5.97. The number of likely N-dealkylation sites (tertiary alicyclic amines) is 1. The zero-order valence-corrected chi connectivity index (χ0v) is 21.8. The second-order valence-corrected chi connectivity index (χ2v) is 10.0. The molecule has 1 aliphatic rings. The highest BCUT2D eigenvalue weighted by atomic mass is 32.1. The fraction of sp³-hybridized carbons (Fsp3) is 0.323. The second kappa shape index (κ2) is 11.7. The number of thiocarbonyl (C=S) groups is 1. The molecule has 1 saturated heterocycles. The lowest BCUT2D eigenvalue weighted by Crippen LogP contribution is -2.33. The van der Waals surface area contributed by atoms with E-state index < -0.39 is 0 Å². The number of furan rings is 1. The van der Waals surface area contributed by atoms with Crippen LogP contribution in [0.1, 0.15) is 50.5 Å². The van der Waals surface area contributed by atoms with E-state index in [0.29, 0.717) is 11.0 Å². The number of piperidine rings is 1. The Labute approximate surface area is 219 Å². The van der Waals surface area contributed by atoms with Crippen LogP contribution in [0.5, 0.6) is 0 Å². The maximum atomic E-state index is 5.97. The van der Waals surface area contributed by atoms with Gasteiger partial charge in [-0.25, -0.2) is 0 Å². The molecule has 1 aliphatic heterocycles. The summed E-state index contributed by atoms with van der Waals surface area (Å²) in [5, 5.41) is 5.32. The molecule has 1 aromatic heterocycles. The molecule has 0 amide bonds. The van der Waals surface area contributed by atoms with E-state index in [0.717, 1.165) is 22.6 Å². The number of anilines is 3. The molecule has 186 valence electrons. The third-order valence-electron chi connectivity index (χ3n) is 7.19. The molecule has 2 heterocycles. The molecule has 0 saturated carbocycles. The van der Waals surface area contributed by atoms with Gasteiger partial charge in [-0.3, -0.25) is 4.90 Å². The summed E-state index contributed by atoms with van der Waals surface area (Å²) in [5.74, 6) is 0.543. The Kier molecular flexibility index (Phi) is 7.99. The summed E-state index contributed by atoms with van der Waals surface area (Å²) in [5.41, 5.74) is 5.29. The van der Waals surface area contributed by atoms with Crippen molar-refractivity contribution in [3.63, 3.8) is 0 Å². The molecule has 36 heavy (non-hydrogen) atoms. The molecule has 4 aromatic rings. The van der Waals surface area contributed by atoms with Crippen LogP contribution in [0.15, 0.2) is 89.5 Å². The second-order valence-electron chi connectivity index (χ2n) is 9.66. The predicted octanol–water partition coefficient (Wildman–Crippen LogP) is 8.34. The van der Waals surface area contributed by atoms with Crippen LogP contribution in [0.3, 0.4) is 0 Å². The number of unbranched alkanes of at least 4 members (excludes halogenated alkanes) is 2. The first-order valence-electron chi connectivity index (χ1n) is 13.2. The van der Waals surface area contributed by atoms with Crippen molar-refractivity contribution in [1.82, 2.24) is 4.90 Å². The van der Waals surface area contributed by atoms with Gasteiger partial charge in [0.2, 0.25) is 0 Å². The van der Waals surface area contributed by atoms with Gasteiger partial charge in [0.05, 0.1) is 6.26 Å². The number of hydrogen-bond acceptors (Lipinski definition) is 3. The lowest BCUT2D eigenvalue weighted by Gasteiger charge is -2.31. The van der Waals surface area contributed by atoms with Crippen LogP contribution in [0, 0.1) is 0 Å². The Hall–Kier alpha value is -3.15. The molecule has 4 nitrogen and oxygen atoms in total. The molecule has 5 rings (SSSR count). The van der Waals surface area contributed by atoms with E-state index >= 15 is 0 Å². The topological polar surface area (TPSA) is 31.7 Å². The number of nitrogens with one attached hydrogen (secondary N) is 1. The van der Waals surface area contributed by atoms with Crippen LogP contribution in [0.2, 0.25) is 0 Å². The first-order valence-corrected chi connectivity index (χ1v) is 13.6. The first-order chi connectivity index (χ1) is 17.7. The van der Waals surface area contributed by atoms with Gasteiger partial charge in [-0.2, -0.15) is 0 Å². The summed E-state index contributed by atoms with van der Waals surface area (Å²) < 4.78 is 5.97. The van der Waals surface area contributed by atoms with Gasteiger partial charge in [0.25, 0.3) is 0 Å². The number of nitrogens with zero attached hydrogens (tertiary/aromatic N) is 2. The Morgan fingerprint density at radius 1 is 0.944 bits per heavy atom. The van der Waals surface area contributed by atoms with Crippen molar-refractivity contribution < 1.29 is 4.42 Å². The molecule has 0 radical (unpaired) electrons. The van der Waals surface area contributed by atoms with E-state index in [-0.39, 0.29) is 0 Å². The molecule has 0 atom stereocenters. The van der Waals surface area contributed by atoms with Crippen molar-refractivity contribution in [3.05, 3.63) is 90.7 Å². The average molecular weight is 498 g/mol. The fourth-order valence-electron chi connectivity index (χ4n) is 5.21. The standard InChI is InChI=1S/C31H35N3OS/c1-2-3-10-19-33-20-17-24(18-21-33)29-23-35-30-16-15-25(22-28(29)30)32-31(36)34(26-11-6-4-7-12-26)27-13-8-5-9-14-27/h4-9,11-16,22-24H,2-3,10,17-21H2,1H3,(H,32,36).